The number of aromatic amines is 1. The van der Waals surface area contributed by atoms with Crippen molar-refractivity contribution in [2.75, 3.05) is 0 Å². The number of ketones is 1. The highest BCUT2D eigenvalue weighted by Gasteiger charge is 2.02. The van der Waals surface area contributed by atoms with Crippen LogP contribution in [0.5, 0.6) is 11.6 Å². The number of nitrogens with zero attached hydrogens (tertiary/aromatic N) is 1. The number of nitrogens with one attached hydrogen (secondary N) is 1. The van der Waals surface area contributed by atoms with Crippen molar-refractivity contribution in [1.82, 2.24) is 10.2 Å². The molecule has 2 aromatic rings. The van der Waals surface area contributed by atoms with Crippen molar-refractivity contribution in [3.05, 3.63) is 41.6 Å². The highest BCUT2D eigenvalue weighted by atomic mass is 16.5. The van der Waals surface area contributed by atoms with Crippen molar-refractivity contribution in [3.63, 3.8) is 0 Å². The van der Waals surface area contributed by atoms with Crippen LogP contribution in [0.3, 0.4) is 0 Å². The molecule has 0 radical (unpaired) electrons. The van der Waals surface area contributed by atoms with E-state index in [0.29, 0.717) is 17.2 Å². The van der Waals surface area contributed by atoms with Gasteiger partial charge in [0, 0.05) is 17.3 Å². The number of hydrogen-bond donors (Lipinski definition) is 1. The summed E-state index contributed by atoms with van der Waals surface area (Å²) >= 11 is 0. The van der Waals surface area contributed by atoms with Crippen LogP contribution in [-0.2, 0) is 0 Å². The lowest BCUT2D eigenvalue weighted by Gasteiger charge is -2.01. The van der Waals surface area contributed by atoms with Crippen LogP contribution in [0.25, 0.3) is 0 Å². The van der Waals surface area contributed by atoms with Gasteiger partial charge in [0.05, 0.1) is 0 Å². The van der Waals surface area contributed by atoms with Crippen LogP contribution in [0.1, 0.15) is 23.0 Å². The van der Waals surface area contributed by atoms with E-state index in [2.05, 4.69) is 10.2 Å². The molecule has 1 N–H and O–H groups in total. The molecule has 0 saturated carbocycles. The van der Waals surface area contributed by atoms with Gasteiger partial charge in [-0.3, -0.25) is 9.89 Å². The van der Waals surface area contributed by atoms with Gasteiger partial charge < -0.3 is 4.74 Å². The molecule has 0 aliphatic carbocycles. The van der Waals surface area contributed by atoms with Gasteiger partial charge >= 0.3 is 0 Å². The third-order valence-corrected chi connectivity index (χ3v) is 2.17. The first-order valence-corrected chi connectivity index (χ1v) is 4.96. The normalized spacial score (nSPS) is 10.1. The predicted octanol–water partition coefficient (Wildman–Crippen LogP) is 2.71. The Kier molecular flexibility index (Phi) is 2.72. The molecule has 0 aliphatic heterocycles. The van der Waals surface area contributed by atoms with Crippen LogP contribution in [0.15, 0.2) is 30.3 Å². The topological polar surface area (TPSA) is 55.0 Å². The molecule has 1 aromatic carbocycles. The molecular weight excluding hydrogens is 204 g/mol. The van der Waals surface area contributed by atoms with Gasteiger partial charge in [0.1, 0.15) is 5.75 Å². The molecule has 1 aromatic heterocycles. The van der Waals surface area contributed by atoms with Crippen molar-refractivity contribution < 1.29 is 9.53 Å². The van der Waals surface area contributed by atoms with Crippen LogP contribution in [0.2, 0.25) is 0 Å². The van der Waals surface area contributed by atoms with E-state index in [0.717, 1.165) is 5.69 Å². The van der Waals surface area contributed by atoms with Gasteiger partial charge in [0.15, 0.2) is 5.78 Å². The lowest BCUT2D eigenvalue weighted by molar-refractivity contribution is 0.101. The zero-order valence-electron chi connectivity index (χ0n) is 9.15. The number of aromatic nitrogens is 2. The van der Waals surface area contributed by atoms with Crippen LogP contribution in [0.4, 0.5) is 0 Å². The van der Waals surface area contributed by atoms with E-state index in [1.165, 1.54) is 6.92 Å². The van der Waals surface area contributed by atoms with E-state index < -0.39 is 0 Å². The Labute approximate surface area is 93.3 Å². The fourth-order valence-electron chi connectivity index (χ4n) is 1.32. The standard InChI is InChI=1S/C12H12N2O2/c1-8-7-12(14-13-8)16-11-5-3-10(4-6-11)9(2)15/h3-7H,1-2H3,(H,13,14). The molecule has 2 rings (SSSR count). The van der Waals surface area contributed by atoms with E-state index in [-0.39, 0.29) is 5.78 Å². The average molecular weight is 216 g/mol. The number of carbonyl (C=O) groups excluding carboxylic acids is 1. The van der Waals surface area contributed by atoms with Crippen LogP contribution >= 0.6 is 0 Å². The first-order chi connectivity index (χ1) is 7.65. The second-order valence-electron chi connectivity index (χ2n) is 3.57. The molecule has 0 bridgehead atoms. The Hall–Kier alpha value is -2.10. The molecule has 4 heteroatoms. The third-order valence-electron chi connectivity index (χ3n) is 2.17. The number of ether oxygens (including phenoxy) is 1. The van der Waals surface area contributed by atoms with E-state index in [1.54, 1.807) is 30.3 Å². The van der Waals surface area contributed by atoms with E-state index >= 15 is 0 Å². The summed E-state index contributed by atoms with van der Waals surface area (Å²) < 4.78 is 5.48. The second-order valence-corrected chi connectivity index (χ2v) is 3.57. The fraction of sp³-hybridized carbons (Fsp3) is 0.167. The van der Waals surface area contributed by atoms with Crippen molar-refractivity contribution in [3.8, 4) is 11.6 Å². The van der Waals surface area contributed by atoms with Gasteiger partial charge in [0.2, 0.25) is 5.88 Å². The van der Waals surface area contributed by atoms with Gasteiger partial charge in [-0.05, 0) is 38.1 Å². The Morgan fingerprint density at radius 2 is 2.00 bits per heavy atom. The molecule has 16 heavy (non-hydrogen) atoms. The fourth-order valence-corrected chi connectivity index (χ4v) is 1.32. The molecule has 0 aliphatic rings. The molecule has 0 unspecified atom stereocenters. The Bertz CT molecular complexity index is 500. The number of Topliss-reactive ketones (excluding diaryl/α,β-unsaturated/α-hetero) is 1. The van der Waals surface area contributed by atoms with Gasteiger partial charge in [0.25, 0.3) is 0 Å². The second kappa shape index (κ2) is 4.18. The first kappa shape index (κ1) is 10.4. The van der Waals surface area contributed by atoms with Gasteiger partial charge in [-0.25, -0.2) is 0 Å². The smallest absolute Gasteiger partial charge is 0.238 e. The first-order valence-electron chi connectivity index (χ1n) is 4.96. The van der Waals surface area contributed by atoms with E-state index in [9.17, 15) is 4.79 Å². The Morgan fingerprint density at radius 1 is 1.31 bits per heavy atom. The lowest BCUT2D eigenvalue weighted by atomic mass is 10.1. The maximum Gasteiger partial charge on any atom is 0.238 e. The number of benzene rings is 1. The molecule has 0 spiro atoms. The summed E-state index contributed by atoms with van der Waals surface area (Å²) in [4.78, 5) is 11.1. The minimum Gasteiger partial charge on any atom is -0.438 e. The minimum atomic E-state index is 0.0437. The zero-order chi connectivity index (χ0) is 11.5. The number of H-pyrrole nitrogens is 1. The summed E-state index contributed by atoms with van der Waals surface area (Å²) in [5.41, 5.74) is 1.61. The summed E-state index contributed by atoms with van der Waals surface area (Å²) in [5, 5.41) is 6.74. The van der Waals surface area contributed by atoms with Crippen molar-refractivity contribution in [1.29, 1.82) is 0 Å². The Morgan fingerprint density at radius 3 is 2.50 bits per heavy atom. The van der Waals surface area contributed by atoms with E-state index in [4.69, 9.17) is 4.74 Å². The molecule has 1 heterocycles. The molecule has 0 atom stereocenters. The predicted molar refractivity (Wildman–Crippen MR) is 59.8 cm³/mol. The molecule has 82 valence electrons. The monoisotopic (exact) mass is 216 g/mol. The largest absolute Gasteiger partial charge is 0.438 e. The highest BCUT2D eigenvalue weighted by molar-refractivity contribution is 5.94. The van der Waals surface area contributed by atoms with Crippen molar-refractivity contribution in [2.45, 2.75) is 13.8 Å². The molecular formula is C12H12N2O2. The minimum absolute atomic E-state index is 0.0437. The number of aryl methyl sites for hydroxylation is 1. The van der Waals surface area contributed by atoms with Gasteiger partial charge in [-0.1, -0.05) is 0 Å². The summed E-state index contributed by atoms with van der Waals surface area (Å²) in [5.74, 6) is 1.23. The number of hydrogen-bond acceptors (Lipinski definition) is 3. The maximum atomic E-state index is 11.1. The molecule has 0 amide bonds. The van der Waals surface area contributed by atoms with Crippen molar-refractivity contribution in [2.24, 2.45) is 0 Å². The molecule has 0 fully saturated rings. The van der Waals surface area contributed by atoms with Crippen LogP contribution < -0.4 is 4.74 Å². The Balaban J connectivity index is 2.14. The lowest BCUT2D eigenvalue weighted by Crippen LogP contribution is -1.91. The number of carbonyl (C=O) groups is 1. The van der Waals surface area contributed by atoms with Gasteiger partial charge in [-0.2, -0.15) is 0 Å². The molecule has 0 saturated heterocycles. The van der Waals surface area contributed by atoms with Crippen LogP contribution in [0, 0.1) is 6.92 Å². The average Bonchev–Trinajstić information content (AvgIpc) is 2.65. The highest BCUT2D eigenvalue weighted by Crippen LogP contribution is 2.20. The van der Waals surface area contributed by atoms with Crippen LogP contribution in [-0.4, -0.2) is 16.0 Å². The zero-order valence-corrected chi connectivity index (χ0v) is 9.15. The third kappa shape index (κ3) is 2.28. The maximum absolute atomic E-state index is 11.1. The summed E-state index contributed by atoms with van der Waals surface area (Å²) in [7, 11) is 0. The van der Waals surface area contributed by atoms with Crippen molar-refractivity contribution >= 4 is 5.78 Å². The quantitative estimate of drug-likeness (QED) is 0.802. The summed E-state index contributed by atoms with van der Waals surface area (Å²) in [6.45, 7) is 3.44. The number of rotatable bonds is 3. The summed E-state index contributed by atoms with van der Waals surface area (Å²) in [6, 6.07) is 8.77. The van der Waals surface area contributed by atoms with E-state index in [1.807, 2.05) is 6.92 Å². The molecule has 4 nitrogen and oxygen atoms in total. The summed E-state index contributed by atoms with van der Waals surface area (Å²) in [6.07, 6.45) is 0. The SMILES string of the molecule is CC(=O)c1ccc(Oc2cc(C)[nH]n2)cc1. The van der Waals surface area contributed by atoms with Gasteiger partial charge in [-0.15, -0.1) is 5.10 Å².